The Morgan fingerprint density at radius 1 is 1.47 bits per heavy atom. The van der Waals surface area contributed by atoms with Gasteiger partial charge in [0.25, 0.3) is 0 Å². The molecule has 0 unspecified atom stereocenters. The van der Waals surface area contributed by atoms with Crippen LogP contribution in [0, 0.1) is 0 Å². The molecule has 1 heterocycles. The minimum Gasteiger partial charge on any atom is -0.408 e. The summed E-state index contributed by atoms with van der Waals surface area (Å²) in [4.78, 5) is 27.0. The molecule has 1 amide bonds. The summed E-state index contributed by atoms with van der Waals surface area (Å²) in [5.41, 5.74) is 2.09. The van der Waals surface area contributed by atoms with Gasteiger partial charge in [0.1, 0.15) is 0 Å². The van der Waals surface area contributed by atoms with Crippen LogP contribution in [0.4, 0.5) is 0 Å². The number of aromatic amines is 1. The zero-order chi connectivity index (χ0) is 13.8. The number of H-pyrrole nitrogens is 1. The third-order valence-corrected chi connectivity index (χ3v) is 2.86. The molecule has 1 aromatic heterocycles. The van der Waals surface area contributed by atoms with Gasteiger partial charge in [0.05, 0.1) is 12.1 Å². The molecule has 0 saturated heterocycles. The van der Waals surface area contributed by atoms with Crippen molar-refractivity contribution in [3.8, 4) is 0 Å². The number of benzene rings is 1. The Labute approximate surface area is 110 Å². The highest BCUT2D eigenvalue weighted by atomic mass is 16.4. The number of hydrogen-bond donors (Lipinski definition) is 2. The second-order valence-electron chi connectivity index (χ2n) is 4.38. The largest absolute Gasteiger partial charge is 0.417 e. The maximum absolute atomic E-state index is 11.8. The van der Waals surface area contributed by atoms with Gasteiger partial charge in [-0.2, -0.15) is 0 Å². The van der Waals surface area contributed by atoms with E-state index in [0.29, 0.717) is 24.2 Å². The van der Waals surface area contributed by atoms with Crippen LogP contribution in [0.1, 0.15) is 12.5 Å². The van der Waals surface area contributed by atoms with Crippen molar-refractivity contribution in [2.45, 2.75) is 13.5 Å². The van der Waals surface area contributed by atoms with E-state index in [2.05, 4.69) is 10.3 Å². The maximum atomic E-state index is 11.8. The van der Waals surface area contributed by atoms with E-state index in [0.717, 1.165) is 12.1 Å². The summed E-state index contributed by atoms with van der Waals surface area (Å²) in [6.07, 6.45) is 0. The van der Waals surface area contributed by atoms with Crippen molar-refractivity contribution < 1.29 is 9.21 Å². The molecule has 0 aliphatic rings. The van der Waals surface area contributed by atoms with E-state index >= 15 is 0 Å². The van der Waals surface area contributed by atoms with Gasteiger partial charge in [0, 0.05) is 13.6 Å². The Morgan fingerprint density at radius 2 is 2.26 bits per heavy atom. The number of hydrogen-bond acceptors (Lipinski definition) is 4. The van der Waals surface area contributed by atoms with Gasteiger partial charge in [-0.15, -0.1) is 0 Å². The quantitative estimate of drug-likeness (QED) is 0.832. The Kier molecular flexibility index (Phi) is 4.01. The molecule has 0 aliphatic heterocycles. The molecule has 6 heteroatoms. The molecule has 0 radical (unpaired) electrons. The van der Waals surface area contributed by atoms with E-state index in [1.165, 1.54) is 0 Å². The summed E-state index contributed by atoms with van der Waals surface area (Å²) in [5, 5.41) is 2.99. The first-order valence-corrected chi connectivity index (χ1v) is 6.16. The third-order valence-electron chi connectivity index (χ3n) is 2.86. The predicted octanol–water partition coefficient (Wildman–Crippen LogP) is 0.689. The summed E-state index contributed by atoms with van der Waals surface area (Å²) < 4.78 is 4.99. The fourth-order valence-corrected chi connectivity index (χ4v) is 1.82. The van der Waals surface area contributed by atoms with Crippen molar-refractivity contribution in [2.75, 3.05) is 20.1 Å². The average Bonchev–Trinajstić information content (AvgIpc) is 2.75. The highest BCUT2D eigenvalue weighted by Gasteiger charge is 2.09. The summed E-state index contributed by atoms with van der Waals surface area (Å²) in [6, 6.07) is 5.41. The Morgan fingerprint density at radius 3 is 3.00 bits per heavy atom. The number of likely N-dealkylation sites (N-methyl/N-ethyl adjacent to an activating group) is 2. The highest BCUT2D eigenvalue weighted by Crippen LogP contribution is 2.13. The molecule has 0 spiro atoms. The van der Waals surface area contributed by atoms with Crippen molar-refractivity contribution in [1.29, 1.82) is 0 Å². The van der Waals surface area contributed by atoms with E-state index in [1.54, 1.807) is 24.1 Å². The minimum atomic E-state index is -0.469. The number of aromatic nitrogens is 1. The van der Waals surface area contributed by atoms with Crippen molar-refractivity contribution in [3.63, 3.8) is 0 Å². The fraction of sp³-hybridized carbons (Fsp3) is 0.385. The number of oxazole rings is 1. The van der Waals surface area contributed by atoms with Gasteiger partial charge in [0.15, 0.2) is 5.58 Å². The van der Waals surface area contributed by atoms with Crippen LogP contribution in [-0.4, -0.2) is 35.9 Å². The smallest absolute Gasteiger partial charge is 0.408 e. The van der Waals surface area contributed by atoms with Gasteiger partial charge in [0.2, 0.25) is 5.91 Å². The lowest BCUT2D eigenvalue weighted by Crippen LogP contribution is -2.35. The maximum Gasteiger partial charge on any atom is 0.417 e. The van der Waals surface area contributed by atoms with Gasteiger partial charge < -0.3 is 14.6 Å². The lowest BCUT2D eigenvalue weighted by molar-refractivity contribution is -0.129. The van der Waals surface area contributed by atoms with Gasteiger partial charge in [-0.25, -0.2) is 4.79 Å². The molecule has 0 aliphatic carbocycles. The number of nitrogens with one attached hydrogen (secondary N) is 2. The molecule has 0 atom stereocenters. The fourth-order valence-electron chi connectivity index (χ4n) is 1.82. The molecular weight excluding hydrogens is 246 g/mol. The average molecular weight is 263 g/mol. The molecule has 19 heavy (non-hydrogen) atoms. The molecule has 2 aromatic rings. The number of rotatable bonds is 5. The van der Waals surface area contributed by atoms with Crippen LogP contribution in [0.15, 0.2) is 27.4 Å². The van der Waals surface area contributed by atoms with Crippen LogP contribution in [-0.2, 0) is 11.3 Å². The zero-order valence-electron chi connectivity index (χ0n) is 11.0. The van der Waals surface area contributed by atoms with Gasteiger partial charge in [-0.3, -0.25) is 9.78 Å². The number of carbonyl (C=O) groups excluding carboxylic acids is 1. The Bertz CT molecular complexity index is 629. The highest BCUT2D eigenvalue weighted by molar-refractivity contribution is 5.78. The third kappa shape index (κ3) is 3.23. The van der Waals surface area contributed by atoms with Crippen LogP contribution >= 0.6 is 0 Å². The molecule has 0 fully saturated rings. The molecule has 6 nitrogen and oxygen atoms in total. The molecule has 0 bridgehead atoms. The number of carbonyl (C=O) groups is 1. The van der Waals surface area contributed by atoms with E-state index in [9.17, 15) is 9.59 Å². The number of amides is 1. The second kappa shape index (κ2) is 5.71. The Balaban J connectivity index is 2.08. The first-order valence-electron chi connectivity index (χ1n) is 6.16. The lowest BCUT2D eigenvalue weighted by Gasteiger charge is -2.17. The normalized spacial score (nSPS) is 10.8. The van der Waals surface area contributed by atoms with Crippen LogP contribution in [0.5, 0.6) is 0 Å². The molecular formula is C13H17N3O3. The monoisotopic (exact) mass is 263 g/mol. The summed E-state index contributed by atoms with van der Waals surface area (Å²) in [7, 11) is 1.75. The van der Waals surface area contributed by atoms with E-state index < -0.39 is 5.76 Å². The first kappa shape index (κ1) is 13.4. The number of fused-ring (bicyclic) bond motifs is 1. The van der Waals surface area contributed by atoms with Crippen molar-refractivity contribution in [3.05, 3.63) is 34.3 Å². The lowest BCUT2D eigenvalue weighted by atomic mass is 10.2. The molecule has 1 aromatic carbocycles. The van der Waals surface area contributed by atoms with E-state index in [4.69, 9.17) is 4.42 Å². The standard InChI is InChI=1S/C13H17N3O3/c1-3-14-7-12(17)16(2)8-9-4-5-10-11(6-9)19-13(18)15-10/h4-6,14H,3,7-8H2,1-2H3,(H,15,18). The van der Waals surface area contributed by atoms with Crippen molar-refractivity contribution in [2.24, 2.45) is 0 Å². The van der Waals surface area contributed by atoms with Crippen molar-refractivity contribution in [1.82, 2.24) is 15.2 Å². The van der Waals surface area contributed by atoms with Gasteiger partial charge >= 0.3 is 5.76 Å². The summed E-state index contributed by atoms with van der Waals surface area (Å²) in [5.74, 6) is -0.443. The molecule has 2 N–H and O–H groups in total. The molecule has 102 valence electrons. The SMILES string of the molecule is CCNCC(=O)N(C)Cc1ccc2[nH]c(=O)oc2c1. The predicted molar refractivity (Wildman–Crippen MR) is 71.9 cm³/mol. The summed E-state index contributed by atoms with van der Waals surface area (Å²) >= 11 is 0. The van der Waals surface area contributed by atoms with Gasteiger partial charge in [-0.1, -0.05) is 13.0 Å². The van der Waals surface area contributed by atoms with Crippen LogP contribution in [0.2, 0.25) is 0 Å². The van der Waals surface area contributed by atoms with Crippen LogP contribution in [0.3, 0.4) is 0 Å². The molecule has 2 rings (SSSR count). The van der Waals surface area contributed by atoms with Crippen molar-refractivity contribution >= 4 is 17.0 Å². The van der Waals surface area contributed by atoms with E-state index in [-0.39, 0.29) is 5.91 Å². The first-order chi connectivity index (χ1) is 9.10. The van der Waals surface area contributed by atoms with Crippen LogP contribution in [0.25, 0.3) is 11.1 Å². The van der Waals surface area contributed by atoms with Crippen LogP contribution < -0.4 is 11.1 Å². The topological polar surface area (TPSA) is 78.3 Å². The van der Waals surface area contributed by atoms with Gasteiger partial charge in [-0.05, 0) is 24.2 Å². The van der Waals surface area contributed by atoms with E-state index in [1.807, 2.05) is 13.0 Å². The zero-order valence-corrected chi connectivity index (χ0v) is 11.0. The minimum absolute atomic E-state index is 0.0254. The molecule has 0 saturated carbocycles. The summed E-state index contributed by atoms with van der Waals surface area (Å²) in [6.45, 7) is 3.53. The number of nitrogens with zero attached hydrogens (tertiary/aromatic N) is 1. The second-order valence-corrected chi connectivity index (χ2v) is 4.38. The Hall–Kier alpha value is -2.08.